The Bertz CT molecular complexity index is 898. The highest BCUT2D eigenvalue weighted by Crippen LogP contribution is 2.25. The summed E-state index contributed by atoms with van der Waals surface area (Å²) in [5.41, 5.74) is 0.689. The zero-order valence-electron chi connectivity index (χ0n) is 19.1. The molecule has 1 aliphatic carbocycles. The van der Waals surface area contributed by atoms with Gasteiger partial charge in [0, 0.05) is 6.07 Å². The van der Waals surface area contributed by atoms with E-state index in [0.29, 0.717) is 6.61 Å². The summed E-state index contributed by atoms with van der Waals surface area (Å²) in [6.07, 6.45) is 5.02. The maximum atomic E-state index is 13.3. The van der Waals surface area contributed by atoms with Crippen LogP contribution in [0, 0.1) is 5.41 Å². The number of carboxylic acids is 1. The molecule has 0 radical (unpaired) electrons. The first-order chi connectivity index (χ1) is 15.2. The molecule has 0 atom stereocenters. The summed E-state index contributed by atoms with van der Waals surface area (Å²) in [6, 6.07) is 11.1. The lowest BCUT2D eigenvalue weighted by atomic mass is 9.95. The van der Waals surface area contributed by atoms with Gasteiger partial charge in [-0.3, -0.25) is 9.63 Å². The van der Waals surface area contributed by atoms with E-state index >= 15 is 0 Å². The molecule has 32 heavy (non-hydrogen) atoms. The third-order valence-corrected chi connectivity index (χ3v) is 5.27. The Hall–Kier alpha value is -2.87. The molecule has 0 unspecified atom stereocenters. The second-order valence-electron chi connectivity index (χ2n) is 9.45. The summed E-state index contributed by atoms with van der Waals surface area (Å²) in [6.45, 7) is 6.54. The molecule has 1 saturated carbocycles. The summed E-state index contributed by atoms with van der Waals surface area (Å²) >= 11 is 0. The number of carboxylic acid groups (broad SMARTS) is 1. The number of nitrogens with zero attached hydrogens (tertiary/aromatic N) is 3. The van der Waals surface area contributed by atoms with Crippen LogP contribution in [0.4, 0.5) is 0 Å². The van der Waals surface area contributed by atoms with Crippen LogP contribution in [-0.4, -0.2) is 44.5 Å². The van der Waals surface area contributed by atoms with Gasteiger partial charge in [-0.05, 0) is 23.8 Å². The number of rotatable bonds is 9. The molecule has 0 spiro atoms. The van der Waals surface area contributed by atoms with Gasteiger partial charge in [0.1, 0.15) is 13.2 Å². The predicted molar refractivity (Wildman–Crippen MR) is 119 cm³/mol. The third kappa shape index (κ3) is 6.82. The number of amides is 1. The van der Waals surface area contributed by atoms with E-state index in [1.807, 2.05) is 51.1 Å². The van der Waals surface area contributed by atoms with Gasteiger partial charge in [0.25, 0.3) is 5.91 Å². The minimum Gasteiger partial charge on any atom is -0.477 e. The van der Waals surface area contributed by atoms with E-state index in [1.54, 1.807) is 0 Å². The molecule has 1 amide bonds. The number of carbonyl (C=O) groups excluding carboxylic acids is 1. The summed E-state index contributed by atoms with van der Waals surface area (Å²) in [4.78, 5) is 30.7. The Balaban J connectivity index is 1.77. The fraction of sp³-hybridized carbons (Fsp3) is 0.542. The van der Waals surface area contributed by atoms with Crippen molar-refractivity contribution in [3.05, 3.63) is 47.7 Å². The summed E-state index contributed by atoms with van der Waals surface area (Å²) in [7, 11) is 0. The lowest BCUT2D eigenvalue weighted by Crippen LogP contribution is -2.43. The van der Waals surface area contributed by atoms with Crippen LogP contribution >= 0.6 is 0 Å². The Labute approximate surface area is 189 Å². The normalized spacial score (nSPS) is 14.8. The topological polar surface area (TPSA) is 93.9 Å². The fourth-order valence-electron chi connectivity index (χ4n) is 3.64. The Morgan fingerprint density at radius 1 is 1.16 bits per heavy atom. The maximum Gasteiger partial charge on any atom is 0.356 e. The van der Waals surface area contributed by atoms with Crippen LogP contribution in [0.3, 0.4) is 0 Å². The van der Waals surface area contributed by atoms with E-state index in [1.165, 1.54) is 15.8 Å². The van der Waals surface area contributed by atoms with Crippen molar-refractivity contribution in [1.82, 2.24) is 14.8 Å². The molecule has 0 bridgehead atoms. The average molecular weight is 444 g/mol. The minimum absolute atomic E-state index is 0.00610. The van der Waals surface area contributed by atoms with Crippen molar-refractivity contribution in [2.75, 3.05) is 6.61 Å². The van der Waals surface area contributed by atoms with E-state index < -0.39 is 5.97 Å². The quantitative estimate of drug-likeness (QED) is 0.581. The average Bonchev–Trinajstić information content (AvgIpc) is 3.16. The molecule has 1 heterocycles. The van der Waals surface area contributed by atoms with Crippen LogP contribution in [-0.2, 0) is 22.8 Å². The van der Waals surface area contributed by atoms with Crippen molar-refractivity contribution < 1.29 is 24.3 Å². The van der Waals surface area contributed by atoms with Gasteiger partial charge in [-0.1, -0.05) is 70.4 Å². The van der Waals surface area contributed by atoms with Crippen molar-refractivity contribution in [1.29, 1.82) is 0 Å². The van der Waals surface area contributed by atoms with Crippen molar-refractivity contribution in [2.45, 2.75) is 72.1 Å². The molecular weight excluding hydrogens is 410 g/mol. The Morgan fingerprint density at radius 2 is 1.84 bits per heavy atom. The molecule has 1 aromatic heterocycles. The van der Waals surface area contributed by atoms with E-state index in [0.717, 1.165) is 37.7 Å². The number of hydrogen-bond donors (Lipinski definition) is 1. The molecule has 0 saturated heterocycles. The van der Waals surface area contributed by atoms with E-state index in [2.05, 4.69) is 5.10 Å². The van der Waals surface area contributed by atoms with E-state index in [9.17, 15) is 14.7 Å². The van der Waals surface area contributed by atoms with Gasteiger partial charge in [0.2, 0.25) is 5.88 Å². The lowest BCUT2D eigenvalue weighted by Gasteiger charge is -2.33. The highest BCUT2D eigenvalue weighted by atomic mass is 16.7. The Kier molecular flexibility index (Phi) is 7.90. The molecule has 0 aliphatic heterocycles. The third-order valence-electron chi connectivity index (χ3n) is 5.27. The molecule has 174 valence electrons. The lowest BCUT2D eigenvalue weighted by molar-refractivity contribution is -0.210. The van der Waals surface area contributed by atoms with Crippen molar-refractivity contribution in [3.63, 3.8) is 0 Å². The zero-order valence-corrected chi connectivity index (χ0v) is 19.1. The predicted octanol–water partition coefficient (Wildman–Crippen LogP) is 4.30. The van der Waals surface area contributed by atoms with Crippen molar-refractivity contribution in [3.8, 4) is 5.88 Å². The van der Waals surface area contributed by atoms with E-state index in [-0.39, 0.29) is 42.1 Å². The van der Waals surface area contributed by atoms with Crippen LogP contribution in [0.15, 0.2) is 36.4 Å². The maximum absolute atomic E-state index is 13.3. The van der Waals surface area contributed by atoms with Gasteiger partial charge in [0.15, 0.2) is 5.69 Å². The molecule has 8 nitrogen and oxygen atoms in total. The zero-order chi connectivity index (χ0) is 23.1. The van der Waals surface area contributed by atoms with Gasteiger partial charge < -0.3 is 9.84 Å². The van der Waals surface area contributed by atoms with E-state index in [4.69, 9.17) is 9.57 Å². The van der Waals surface area contributed by atoms with Gasteiger partial charge in [-0.25, -0.2) is 14.5 Å². The number of carbonyl (C=O) groups is 2. The summed E-state index contributed by atoms with van der Waals surface area (Å²) < 4.78 is 7.13. The highest BCUT2D eigenvalue weighted by Gasteiger charge is 2.28. The molecule has 2 aromatic rings. The molecule has 1 N–H and O–H groups in total. The van der Waals surface area contributed by atoms with Gasteiger partial charge >= 0.3 is 5.97 Å². The molecule has 1 fully saturated rings. The number of ether oxygens (including phenoxy) is 1. The second kappa shape index (κ2) is 10.6. The first kappa shape index (κ1) is 23.8. The van der Waals surface area contributed by atoms with Crippen LogP contribution in [0.1, 0.15) is 68.9 Å². The van der Waals surface area contributed by atoms with Gasteiger partial charge in [0.05, 0.1) is 12.6 Å². The molecular formula is C24H33N3O5. The largest absolute Gasteiger partial charge is 0.477 e. The number of hydrogen-bond acceptors (Lipinski definition) is 5. The number of aromatic nitrogens is 2. The van der Waals surface area contributed by atoms with Gasteiger partial charge in [-0.2, -0.15) is 5.10 Å². The molecule has 1 aromatic carbocycles. The first-order valence-corrected chi connectivity index (χ1v) is 11.2. The SMILES string of the molecule is CC(C)(C)COc1cc(C(=O)O)nn1CC(=O)N(OCc1ccccc1)C1CCCCC1. The van der Waals surface area contributed by atoms with Crippen molar-refractivity contribution in [2.24, 2.45) is 5.41 Å². The highest BCUT2D eigenvalue weighted by molar-refractivity contribution is 5.85. The number of aromatic carboxylic acids is 1. The first-order valence-electron chi connectivity index (χ1n) is 11.2. The van der Waals surface area contributed by atoms with Crippen LogP contribution in [0.2, 0.25) is 0 Å². The van der Waals surface area contributed by atoms with Crippen LogP contribution < -0.4 is 4.74 Å². The minimum atomic E-state index is -1.17. The monoisotopic (exact) mass is 443 g/mol. The summed E-state index contributed by atoms with van der Waals surface area (Å²) in [5, 5.41) is 14.9. The van der Waals surface area contributed by atoms with Crippen molar-refractivity contribution >= 4 is 11.9 Å². The molecule has 3 rings (SSSR count). The van der Waals surface area contributed by atoms with Gasteiger partial charge in [-0.15, -0.1) is 0 Å². The second-order valence-corrected chi connectivity index (χ2v) is 9.45. The molecule has 1 aliphatic rings. The summed E-state index contributed by atoms with van der Waals surface area (Å²) in [5.74, 6) is -1.17. The standard InChI is InChI=1S/C24H33N3O5/c1-24(2,3)17-31-22-14-20(23(29)30)25-26(22)15-21(28)27(19-12-8-5-9-13-19)32-16-18-10-6-4-7-11-18/h4,6-7,10-11,14,19H,5,8-9,12-13,15-17H2,1-3H3,(H,29,30). The smallest absolute Gasteiger partial charge is 0.356 e. The van der Waals surface area contributed by atoms with Crippen LogP contribution in [0.5, 0.6) is 5.88 Å². The number of benzene rings is 1. The van der Waals surface area contributed by atoms with Crippen LogP contribution in [0.25, 0.3) is 0 Å². The number of hydroxylamine groups is 2. The fourth-order valence-corrected chi connectivity index (χ4v) is 3.64. The Morgan fingerprint density at radius 3 is 2.47 bits per heavy atom. The molecule has 8 heteroatoms.